The van der Waals surface area contributed by atoms with Crippen LogP contribution in [0.1, 0.15) is 10.4 Å². The molecule has 0 aliphatic rings. The summed E-state index contributed by atoms with van der Waals surface area (Å²) in [5, 5.41) is 0.714. The molecule has 0 saturated carbocycles. The van der Waals surface area contributed by atoms with Crippen molar-refractivity contribution in [3.8, 4) is 5.75 Å². The second-order valence-electron chi connectivity index (χ2n) is 3.45. The number of ether oxygens (including phenoxy) is 1. The maximum Gasteiger partial charge on any atom is 0.695 e. The van der Waals surface area contributed by atoms with Crippen LogP contribution in [0.3, 0.4) is 0 Å². The van der Waals surface area contributed by atoms with Crippen LogP contribution in [0.5, 0.6) is 5.75 Å². The van der Waals surface area contributed by atoms with Gasteiger partial charge in [0, 0.05) is 15.5 Å². The Morgan fingerprint density at radius 3 is 2.94 bits per heavy atom. The average molecular weight is 269 g/mol. The van der Waals surface area contributed by atoms with Crippen molar-refractivity contribution in [2.75, 3.05) is 13.7 Å². The minimum absolute atomic E-state index is 0.331. The van der Waals surface area contributed by atoms with Crippen molar-refractivity contribution in [3.63, 3.8) is 0 Å². The maximum atomic E-state index is 11.7. The Bertz CT molecular complexity index is 603. The molecule has 0 aliphatic heterocycles. The Hall–Kier alpha value is -1.75. The van der Waals surface area contributed by atoms with Crippen LogP contribution in [0.15, 0.2) is 28.9 Å². The third-order valence-electron chi connectivity index (χ3n) is 2.37. The van der Waals surface area contributed by atoms with E-state index in [-0.39, 0.29) is 0 Å². The SMILES string of the molecule is COc1cc(C(=O)CO[P+](=O)O)cc2ccoc12. The summed E-state index contributed by atoms with van der Waals surface area (Å²) in [6.07, 6.45) is 1.49. The Balaban J connectivity index is 2.33. The fourth-order valence-corrected chi connectivity index (χ4v) is 1.79. The van der Waals surface area contributed by atoms with Crippen molar-refractivity contribution < 1.29 is 27.9 Å². The first-order valence-electron chi connectivity index (χ1n) is 4.99. The van der Waals surface area contributed by atoms with E-state index in [1.807, 2.05) is 0 Å². The molecule has 1 unspecified atom stereocenters. The lowest BCUT2D eigenvalue weighted by Gasteiger charge is -2.03. The lowest BCUT2D eigenvalue weighted by atomic mass is 10.1. The highest BCUT2D eigenvalue weighted by Crippen LogP contribution is 2.28. The molecule has 6 nitrogen and oxygen atoms in total. The second kappa shape index (κ2) is 5.27. The van der Waals surface area contributed by atoms with Gasteiger partial charge in [-0.05, 0) is 18.2 Å². The lowest BCUT2D eigenvalue weighted by Crippen LogP contribution is -2.06. The highest BCUT2D eigenvalue weighted by atomic mass is 31.1. The molecule has 0 spiro atoms. The molecule has 0 saturated heterocycles. The van der Waals surface area contributed by atoms with Crippen LogP contribution in [-0.4, -0.2) is 24.4 Å². The first-order valence-corrected chi connectivity index (χ1v) is 6.12. The number of methoxy groups -OCH3 is 1. The van der Waals surface area contributed by atoms with Gasteiger partial charge in [-0.25, -0.2) is 0 Å². The van der Waals surface area contributed by atoms with Crippen LogP contribution in [0.2, 0.25) is 0 Å². The third-order valence-corrected chi connectivity index (χ3v) is 2.72. The number of Topliss-reactive ketones (excluding diaryl/α,β-unsaturated/α-hetero) is 1. The van der Waals surface area contributed by atoms with Crippen LogP contribution in [0, 0.1) is 0 Å². The van der Waals surface area contributed by atoms with E-state index >= 15 is 0 Å². The largest absolute Gasteiger partial charge is 0.695 e. The molecular formula is C11H10O6P+. The minimum atomic E-state index is -2.78. The van der Waals surface area contributed by atoms with E-state index in [9.17, 15) is 9.36 Å². The van der Waals surface area contributed by atoms with Gasteiger partial charge in [0.05, 0.1) is 13.4 Å². The second-order valence-corrected chi connectivity index (χ2v) is 4.19. The molecule has 1 N–H and O–H groups in total. The quantitative estimate of drug-likeness (QED) is 0.662. The number of benzene rings is 1. The summed E-state index contributed by atoms with van der Waals surface area (Å²) in [5.74, 6) is 0.0167. The molecule has 0 bridgehead atoms. The van der Waals surface area contributed by atoms with Gasteiger partial charge in [0.25, 0.3) is 0 Å². The van der Waals surface area contributed by atoms with Crippen molar-refractivity contribution in [1.82, 2.24) is 0 Å². The van der Waals surface area contributed by atoms with Gasteiger partial charge in [-0.3, -0.25) is 4.79 Å². The Morgan fingerprint density at radius 2 is 2.28 bits per heavy atom. The Labute approximate surface area is 103 Å². The number of furan rings is 1. The Kier molecular flexibility index (Phi) is 3.72. The van der Waals surface area contributed by atoms with Crippen LogP contribution in [0.25, 0.3) is 11.0 Å². The zero-order valence-electron chi connectivity index (χ0n) is 9.45. The summed E-state index contributed by atoms with van der Waals surface area (Å²) < 4.78 is 25.1. The molecule has 7 heteroatoms. The van der Waals surface area contributed by atoms with E-state index < -0.39 is 20.6 Å². The number of ketones is 1. The Morgan fingerprint density at radius 1 is 1.50 bits per heavy atom. The molecule has 1 aromatic heterocycles. The topological polar surface area (TPSA) is 86.0 Å². The van der Waals surface area contributed by atoms with E-state index in [4.69, 9.17) is 14.0 Å². The van der Waals surface area contributed by atoms with Crippen LogP contribution in [0.4, 0.5) is 0 Å². The van der Waals surface area contributed by atoms with Crippen molar-refractivity contribution in [3.05, 3.63) is 30.0 Å². The molecule has 0 amide bonds. The number of hydrogen-bond acceptors (Lipinski definition) is 5. The maximum absolute atomic E-state index is 11.7. The molecule has 2 rings (SSSR count). The zero-order valence-corrected chi connectivity index (χ0v) is 10.3. The predicted octanol–water partition coefficient (Wildman–Crippen LogP) is 2.29. The van der Waals surface area contributed by atoms with Crippen LogP contribution in [-0.2, 0) is 9.09 Å². The highest BCUT2D eigenvalue weighted by Gasteiger charge is 2.18. The molecule has 1 aromatic carbocycles. The van der Waals surface area contributed by atoms with Crippen molar-refractivity contribution in [2.45, 2.75) is 0 Å². The van der Waals surface area contributed by atoms with Gasteiger partial charge in [0.15, 0.2) is 23.7 Å². The summed E-state index contributed by atoms with van der Waals surface area (Å²) in [6.45, 7) is -0.460. The van der Waals surface area contributed by atoms with Crippen molar-refractivity contribution >= 4 is 25.0 Å². The van der Waals surface area contributed by atoms with E-state index in [2.05, 4.69) is 4.52 Å². The molecule has 0 fully saturated rings. The van der Waals surface area contributed by atoms with E-state index in [0.29, 0.717) is 22.3 Å². The molecule has 2 aromatic rings. The summed E-state index contributed by atoms with van der Waals surface area (Å²) >= 11 is 0. The van der Waals surface area contributed by atoms with Gasteiger partial charge < -0.3 is 9.15 Å². The van der Waals surface area contributed by atoms with Gasteiger partial charge >= 0.3 is 8.25 Å². The average Bonchev–Trinajstić information content (AvgIpc) is 2.82. The summed E-state index contributed by atoms with van der Waals surface area (Å²) in [7, 11) is -1.32. The van der Waals surface area contributed by atoms with E-state index in [1.54, 1.807) is 12.1 Å². The van der Waals surface area contributed by atoms with Gasteiger partial charge in [-0.15, -0.1) is 9.42 Å². The summed E-state index contributed by atoms with van der Waals surface area (Å²) in [4.78, 5) is 20.2. The fourth-order valence-electron chi connectivity index (χ4n) is 1.56. The molecule has 0 aliphatic carbocycles. The van der Waals surface area contributed by atoms with Gasteiger partial charge in [-0.1, -0.05) is 0 Å². The summed E-state index contributed by atoms with van der Waals surface area (Å²) in [5.41, 5.74) is 0.876. The molecule has 0 radical (unpaired) electrons. The summed E-state index contributed by atoms with van der Waals surface area (Å²) in [6, 6.07) is 4.81. The smallest absolute Gasteiger partial charge is 0.493 e. The van der Waals surface area contributed by atoms with Gasteiger partial charge in [-0.2, -0.15) is 0 Å². The predicted molar refractivity (Wildman–Crippen MR) is 62.9 cm³/mol. The lowest BCUT2D eigenvalue weighted by molar-refractivity contribution is 0.0917. The number of carbonyl (C=O) groups is 1. The molecule has 94 valence electrons. The number of fused-ring (bicyclic) bond motifs is 1. The first kappa shape index (κ1) is 12.7. The van der Waals surface area contributed by atoms with E-state index in [1.165, 1.54) is 19.4 Å². The van der Waals surface area contributed by atoms with Gasteiger partial charge in [0.2, 0.25) is 0 Å². The van der Waals surface area contributed by atoms with Gasteiger partial charge in [0.1, 0.15) is 0 Å². The van der Waals surface area contributed by atoms with Crippen LogP contribution < -0.4 is 4.74 Å². The number of rotatable bonds is 5. The first-order chi connectivity index (χ1) is 8.61. The number of carbonyl (C=O) groups excluding carboxylic acids is 1. The zero-order chi connectivity index (χ0) is 13.1. The standard InChI is InChI=1S/C11H9O6P/c1-15-10-5-8(9(12)6-17-18(13)14)4-7-2-3-16-11(7)10/h2-5H,6H2,1H3/p+1. The number of hydrogen-bond donors (Lipinski definition) is 1. The highest BCUT2D eigenvalue weighted by molar-refractivity contribution is 7.32. The normalized spacial score (nSPS) is 11.6. The third kappa shape index (κ3) is 2.56. The molecular weight excluding hydrogens is 259 g/mol. The molecule has 18 heavy (non-hydrogen) atoms. The molecule has 1 atom stereocenters. The minimum Gasteiger partial charge on any atom is -0.493 e. The molecule has 1 heterocycles. The van der Waals surface area contributed by atoms with Crippen LogP contribution >= 0.6 is 8.25 Å². The van der Waals surface area contributed by atoms with Crippen molar-refractivity contribution in [2.24, 2.45) is 0 Å². The fraction of sp³-hybridized carbons (Fsp3) is 0.182. The van der Waals surface area contributed by atoms with E-state index in [0.717, 1.165) is 0 Å². The van der Waals surface area contributed by atoms with Crippen molar-refractivity contribution in [1.29, 1.82) is 0 Å². The monoisotopic (exact) mass is 269 g/mol.